The molecule has 0 amide bonds. The van der Waals surface area contributed by atoms with Crippen molar-refractivity contribution in [3.05, 3.63) is 0 Å². The number of hydrogen-bond acceptors (Lipinski definition) is 1. The Labute approximate surface area is 154 Å². The molecule has 0 unspecified atom stereocenters. The van der Waals surface area contributed by atoms with Crippen LogP contribution < -0.4 is 0 Å². The van der Waals surface area contributed by atoms with Crippen LogP contribution in [-0.2, 0) is 4.74 Å². The van der Waals surface area contributed by atoms with Gasteiger partial charge < -0.3 is 4.74 Å². The molecule has 0 atom stereocenters. The molecule has 0 aliphatic carbocycles. The molecular formula is C23H48O. The van der Waals surface area contributed by atoms with Gasteiger partial charge in [0.05, 0.1) is 6.10 Å². The Balaban J connectivity index is 3.03. The van der Waals surface area contributed by atoms with E-state index in [1.807, 2.05) is 0 Å². The third kappa shape index (κ3) is 18.3. The van der Waals surface area contributed by atoms with Crippen molar-refractivity contribution in [2.75, 3.05) is 6.61 Å². The number of ether oxygens (including phenoxy) is 1. The second-order valence-electron chi connectivity index (χ2n) is 7.61. The zero-order valence-electron chi connectivity index (χ0n) is 17.4. The molecule has 0 aromatic heterocycles. The molecule has 1 nitrogen and oxygen atoms in total. The molecule has 0 rings (SSSR count). The van der Waals surface area contributed by atoms with Gasteiger partial charge in [-0.05, 0) is 19.3 Å². The summed E-state index contributed by atoms with van der Waals surface area (Å²) in [6.45, 7) is 7.72. The lowest BCUT2D eigenvalue weighted by Crippen LogP contribution is -2.10. The molecule has 0 fully saturated rings. The Bertz CT molecular complexity index is 210. The maximum atomic E-state index is 5.86. The van der Waals surface area contributed by atoms with Gasteiger partial charge in [0.1, 0.15) is 0 Å². The lowest BCUT2D eigenvalue weighted by atomic mass is 10.0. The summed E-state index contributed by atoms with van der Waals surface area (Å²) in [7, 11) is 0. The van der Waals surface area contributed by atoms with Crippen LogP contribution in [0.3, 0.4) is 0 Å². The smallest absolute Gasteiger partial charge is 0.0569 e. The highest BCUT2D eigenvalue weighted by atomic mass is 16.5. The Morgan fingerprint density at radius 1 is 0.458 bits per heavy atom. The Hall–Kier alpha value is -0.0400. The van der Waals surface area contributed by atoms with Crippen molar-refractivity contribution in [2.24, 2.45) is 0 Å². The first-order chi connectivity index (χ1) is 11.8. The quantitative estimate of drug-likeness (QED) is 0.202. The second kappa shape index (κ2) is 21.0. The maximum absolute atomic E-state index is 5.86. The molecule has 0 saturated carbocycles. The van der Waals surface area contributed by atoms with Crippen LogP contribution in [0.25, 0.3) is 0 Å². The van der Waals surface area contributed by atoms with Gasteiger partial charge in [-0.2, -0.15) is 0 Å². The number of unbranched alkanes of at least 4 members (excludes halogenated alkanes) is 15. The standard InChI is InChI=1S/C23H48O/c1-4-7-8-9-10-11-12-13-14-15-16-17-18-19-20-21-22-24-23(5-2)6-3/h23H,4-22H2,1-3H3. The van der Waals surface area contributed by atoms with Crippen molar-refractivity contribution in [3.8, 4) is 0 Å². The van der Waals surface area contributed by atoms with Gasteiger partial charge in [-0.25, -0.2) is 0 Å². The van der Waals surface area contributed by atoms with Crippen LogP contribution in [0.2, 0.25) is 0 Å². The van der Waals surface area contributed by atoms with Gasteiger partial charge in [0.25, 0.3) is 0 Å². The first kappa shape index (κ1) is 24.0. The molecule has 0 saturated heterocycles. The minimum atomic E-state index is 0.501. The first-order valence-electron chi connectivity index (χ1n) is 11.5. The summed E-state index contributed by atoms with van der Waals surface area (Å²) >= 11 is 0. The van der Waals surface area contributed by atoms with Crippen molar-refractivity contribution in [1.82, 2.24) is 0 Å². The van der Waals surface area contributed by atoms with Crippen molar-refractivity contribution in [1.29, 1.82) is 0 Å². The van der Waals surface area contributed by atoms with Crippen molar-refractivity contribution in [3.63, 3.8) is 0 Å². The molecule has 0 N–H and O–H groups in total. The van der Waals surface area contributed by atoms with E-state index in [0.29, 0.717) is 6.10 Å². The highest BCUT2D eigenvalue weighted by molar-refractivity contribution is 4.52. The van der Waals surface area contributed by atoms with Crippen LogP contribution >= 0.6 is 0 Å². The van der Waals surface area contributed by atoms with Crippen LogP contribution in [0, 0.1) is 0 Å². The molecule has 1 heteroatoms. The van der Waals surface area contributed by atoms with Gasteiger partial charge in [0.15, 0.2) is 0 Å². The van der Waals surface area contributed by atoms with Crippen LogP contribution in [-0.4, -0.2) is 12.7 Å². The summed E-state index contributed by atoms with van der Waals surface area (Å²) in [4.78, 5) is 0. The second-order valence-corrected chi connectivity index (χ2v) is 7.61. The molecule has 0 aromatic carbocycles. The van der Waals surface area contributed by atoms with Crippen molar-refractivity contribution in [2.45, 2.75) is 142 Å². The van der Waals surface area contributed by atoms with E-state index in [1.54, 1.807) is 0 Å². The van der Waals surface area contributed by atoms with E-state index in [1.165, 1.54) is 103 Å². The predicted molar refractivity (Wildman–Crippen MR) is 110 cm³/mol. The molecule has 146 valence electrons. The van der Waals surface area contributed by atoms with E-state index in [4.69, 9.17) is 4.74 Å². The van der Waals surface area contributed by atoms with Gasteiger partial charge in [0, 0.05) is 6.61 Å². The predicted octanol–water partition coefficient (Wildman–Crippen LogP) is 8.45. The first-order valence-corrected chi connectivity index (χ1v) is 11.5. The van der Waals surface area contributed by atoms with E-state index < -0.39 is 0 Å². The van der Waals surface area contributed by atoms with E-state index >= 15 is 0 Å². The Morgan fingerprint density at radius 2 is 0.792 bits per heavy atom. The van der Waals surface area contributed by atoms with Crippen LogP contribution in [0.4, 0.5) is 0 Å². The molecule has 0 heterocycles. The topological polar surface area (TPSA) is 9.23 Å². The molecule has 0 radical (unpaired) electrons. The van der Waals surface area contributed by atoms with Gasteiger partial charge in [-0.3, -0.25) is 0 Å². The fourth-order valence-corrected chi connectivity index (χ4v) is 3.42. The van der Waals surface area contributed by atoms with Gasteiger partial charge in [-0.15, -0.1) is 0 Å². The minimum absolute atomic E-state index is 0.501. The summed E-state index contributed by atoms with van der Waals surface area (Å²) in [5, 5.41) is 0. The third-order valence-electron chi connectivity index (χ3n) is 5.26. The largest absolute Gasteiger partial charge is 0.378 e. The molecule has 24 heavy (non-hydrogen) atoms. The Morgan fingerprint density at radius 3 is 1.12 bits per heavy atom. The van der Waals surface area contributed by atoms with E-state index in [0.717, 1.165) is 19.4 Å². The highest BCUT2D eigenvalue weighted by Gasteiger charge is 2.01. The van der Waals surface area contributed by atoms with E-state index in [9.17, 15) is 0 Å². The summed E-state index contributed by atoms with van der Waals surface area (Å²) < 4.78 is 5.86. The van der Waals surface area contributed by atoms with Gasteiger partial charge in [0.2, 0.25) is 0 Å². The van der Waals surface area contributed by atoms with E-state index in [-0.39, 0.29) is 0 Å². The summed E-state index contributed by atoms with van der Waals surface area (Å²) in [5.74, 6) is 0. The Kier molecular flexibility index (Phi) is 21.0. The monoisotopic (exact) mass is 340 g/mol. The average Bonchev–Trinajstić information content (AvgIpc) is 2.61. The van der Waals surface area contributed by atoms with Crippen LogP contribution in [0.5, 0.6) is 0 Å². The average molecular weight is 341 g/mol. The van der Waals surface area contributed by atoms with Crippen molar-refractivity contribution >= 4 is 0 Å². The minimum Gasteiger partial charge on any atom is -0.378 e. The molecule has 0 aliphatic heterocycles. The van der Waals surface area contributed by atoms with Gasteiger partial charge in [-0.1, -0.05) is 117 Å². The maximum Gasteiger partial charge on any atom is 0.0569 e. The lowest BCUT2D eigenvalue weighted by molar-refractivity contribution is 0.0457. The fourth-order valence-electron chi connectivity index (χ4n) is 3.42. The fraction of sp³-hybridized carbons (Fsp3) is 1.00. The molecule has 0 bridgehead atoms. The van der Waals surface area contributed by atoms with Crippen molar-refractivity contribution < 1.29 is 4.74 Å². The van der Waals surface area contributed by atoms with Crippen LogP contribution in [0.1, 0.15) is 136 Å². The summed E-state index contributed by atoms with van der Waals surface area (Å²) in [5.41, 5.74) is 0. The zero-order valence-corrected chi connectivity index (χ0v) is 17.4. The summed E-state index contributed by atoms with van der Waals surface area (Å²) in [6.07, 6.45) is 25.8. The number of rotatable bonds is 20. The molecule has 0 spiro atoms. The van der Waals surface area contributed by atoms with Crippen LogP contribution in [0.15, 0.2) is 0 Å². The zero-order chi connectivity index (χ0) is 17.7. The van der Waals surface area contributed by atoms with E-state index in [2.05, 4.69) is 20.8 Å². The highest BCUT2D eigenvalue weighted by Crippen LogP contribution is 2.14. The third-order valence-corrected chi connectivity index (χ3v) is 5.26. The SMILES string of the molecule is CCCCCCCCCCCCCCCCCCOC(CC)CC. The lowest BCUT2D eigenvalue weighted by Gasteiger charge is -2.13. The molecular weight excluding hydrogens is 292 g/mol. The summed E-state index contributed by atoms with van der Waals surface area (Å²) in [6, 6.07) is 0. The van der Waals surface area contributed by atoms with Gasteiger partial charge >= 0.3 is 0 Å². The molecule has 0 aliphatic rings. The molecule has 0 aromatic rings. The number of hydrogen-bond donors (Lipinski definition) is 0. The normalized spacial score (nSPS) is 11.5.